The number of piperidine rings is 1. The van der Waals surface area contributed by atoms with Crippen LogP contribution in [0, 0.1) is 6.92 Å². The average Bonchev–Trinajstić information content (AvgIpc) is 3.15. The highest BCUT2D eigenvalue weighted by Gasteiger charge is 2.25. The second-order valence-corrected chi connectivity index (χ2v) is 7.04. The van der Waals surface area contributed by atoms with E-state index in [1.54, 1.807) is 12.4 Å². The molecule has 0 atom stereocenters. The number of carbonyl (C=O) groups is 1. The van der Waals surface area contributed by atoms with E-state index in [1.807, 2.05) is 31.7 Å². The van der Waals surface area contributed by atoms with Crippen LogP contribution < -0.4 is 9.47 Å². The largest absolute Gasteiger partial charge is 0.470 e. The molecule has 1 amide bonds. The molecule has 1 aliphatic rings. The molecule has 0 bridgehead atoms. The quantitative estimate of drug-likeness (QED) is 0.628. The minimum atomic E-state index is 0.0168. The molecule has 2 aromatic rings. The maximum atomic E-state index is 12.3. The highest BCUT2D eigenvalue weighted by Crippen LogP contribution is 2.25. The molecule has 0 aromatic carbocycles. The second kappa shape index (κ2) is 10.2. The van der Waals surface area contributed by atoms with Gasteiger partial charge in [-0.2, -0.15) is 0 Å². The van der Waals surface area contributed by atoms with Crippen molar-refractivity contribution < 1.29 is 18.8 Å². The Morgan fingerprint density at radius 1 is 1.21 bits per heavy atom. The van der Waals surface area contributed by atoms with E-state index in [0.29, 0.717) is 24.0 Å². The fraction of sp³-hybridized carbons (Fsp3) is 0.600. The van der Waals surface area contributed by atoms with Gasteiger partial charge in [-0.05, 0) is 33.6 Å². The molecule has 158 valence electrons. The molecule has 9 heteroatoms. The molecule has 0 aliphatic carbocycles. The monoisotopic (exact) mass is 403 g/mol. The lowest BCUT2D eigenvalue weighted by Gasteiger charge is -2.32. The van der Waals surface area contributed by atoms with Crippen LogP contribution in [0.1, 0.15) is 38.1 Å². The molecule has 0 radical (unpaired) electrons. The summed E-state index contributed by atoms with van der Waals surface area (Å²) < 4.78 is 16.8. The molecule has 3 heterocycles. The summed E-state index contributed by atoms with van der Waals surface area (Å²) in [4.78, 5) is 24.8. The lowest BCUT2D eigenvalue weighted by molar-refractivity contribution is -0.132. The molecular formula is C20H29N5O4. The number of hydrogen-bond acceptors (Lipinski definition) is 8. The first-order chi connectivity index (χ1) is 14.1. The first kappa shape index (κ1) is 21.0. The molecule has 1 saturated heterocycles. The summed E-state index contributed by atoms with van der Waals surface area (Å²) in [7, 11) is 0. The standard InChI is InChI=1S/C20H29N5O4/c1-4-25(5-2)18(26)13-24-10-6-17(7-11-24)28-20-19(21-8-9-22-20)27-14-16-12-15(3)29-23-16/h8-9,12,17H,4-7,10-11,13-14H2,1-3H3. The smallest absolute Gasteiger partial charge is 0.278 e. The highest BCUT2D eigenvalue weighted by atomic mass is 16.5. The molecule has 2 aromatic heterocycles. The zero-order valence-electron chi connectivity index (χ0n) is 17.3. The summed E-state index contributed by atoms with van der Waals surface area (Å²) in [5, 5.41) is 3.91. The number of carbonyl (C=O) groups excluding carboxylic acids is 1. The van der Waals surface area contributed by atoms with Crippen molar-refractivity contribution in [3.63, 3.8) is 0 Å². The lowest BCUT2D eigenvalue weighted by atomic mass is 10.1. The van der Waals surface area contributed by atoms with E-state index in [1.165, 1.54) is 0 Å². The molecule has 0 N–H and O–H groups in total. The fourth-order valence-corrected chi connectivity index (χ4v) is 3.33. The van der Waals surface area contributed by atoms with Gasteiger partial charge < -0.3 is 18.9 Å². The first-order valence-corrected chi connectivity index (χ1v) is 10.1. The topological polar surface area (TPSA) is 93.8 Å². The van der Waals surface area contributed by atoms with E-state index >= 15 is 0 Å². The van der Waals surface area contributed by atoms with Gasteiger partial charge in [-0.1, -0.05) is 5.16 Å². The number of rotatable bonds is 9. The van der Waals surface area contributed by atoms with Gasteiger partial charge >= 0.3 is 0 Å². The SMILES string of the molecule is CCN(CC)C(=O)CN1CCC(Oc2nccnc2OCc2cc(C)on2)CC1. The minimum Gasteiger partial charge on any atom is -0.470 e. The van der Waals surface area contributed by atoms with E-state index in [0.717, 1.165) is 44.8 Å². The van der Waals surface area contributed by atoms with Crippen LogP contribution in [0.25, 0.3) is 0 Å². The minimum absolute atomic E-state index is 0.0168. The van der Waals surface area contributed by atoms with Gasteiger partial charge in [-0.3, -0.25) is 9.69 Å². The molecule has 0 saturated carbocycles. The lowest BCUT2D eigenvalue weighted by Crippen LogP contribution is -2.45. The third kappa shape index (κ3) is 5.90. The van der Waals surface area contributed by atoms with E-state index < -0.39 is 0 Å². The predicted octanol–water partition coefficient (Wildman–Crippen LogP) is 2.06. The van der Waals surface area contributed by atoms with Gasteiger partial charge in [0.05, 0.1) is 6.54 Å². The number of amides is 1. The van der Waals surface area contributed by atoms with Gasteiger partial charge in [0, 0.05) is 44.6 Å². The van der Waals surface area contributed by atoms with Crippen molar-refractivity contribution in [3.8, 4) is 11.8 Å². The maximum absolute atomic E-state index is 12.3. The number of nitrogens with zero attached hydrogens (tertiary/aromatic N) is 5. The van der Waals surface area contributed by atoms with Crippen molar-refractivity contribution in [2.24, 2.45) is 0 Å². The Labute approximate surface area is 171 Å². The Morgan fingerprint density at radius 3 is 2.52 bits per heavy atom. The van der Waals surface area contributed by atoms with Crippen molar-refractivity contribution >= 4 is 5.91 Å². The fourth-order valence-electron chi connectivity index (χ4n) is 3.33. The zero-order chi connectivity index (χ0) is 20.6. The molecule has 9 nitrogen and oxygen atoms in total. The maximum Gasteiger partial charge on any atom is 0.278 e. The van der Waals surface area contributed by atoms with Gasteiger partial charge in [-0.15, -0.1) is 0 Å². The summed E-state index contributed by atoms with van der Waals surface area (Å²) in [6.07, 6.45) is 4.81. The van der Waals surface area contributed by atoms with Crippen LogP contribution >= 0.6 is 0 Å². The molecule has 29 heavy (non-hydrogen) atoms. The molecule has 1 fully saturated rings. The van der Waals surface area contributed by atoms with Crippen molar-refractivity contribution in [2.75, 3.05) is 32.7 Å². The van der Waals surface area contributed by atoms with Crippen molar-refractivity contribution in [2.45, 2.75) is 46.3 Å². The molecular weight excluding hydrogens is 374 g/mol. The number of aromatic nitrogens is 3. The van der Waals surface area contributed by atoms with Crippen molar-refractivity contribution in [1.82, 2.24) is 24.9 Å². The van der Waals surface area contributed by atoms with Crippen LogP contribution in [-0.2, 0) is 11.4 Å². The molecule has 1 aliphatic heterocycles. The zero-order valence-corrected chi connectivity index (χ0v) is 17.3. The van der Waals surface area contributed by atoms with Crippen LogP contribution in [0.15, 0.2) is 23.0 Å². The van der Waals surface area contributed by atoms with Gasteiger partial charge in [0.1, 0.15) is 24.2 Å². The summed E-state index contributed by atoms with van der Waals surface area (Å²) in [6.45, 7) is 9.66. The second-order valence-electron chi connectivity index (χ2n) is 7.04. The Bertz CT molecular complexity index is 785. The molecule has 0 spiro atoms. The van der Waals surface area contributed by atoms with Gasteiger partial charge in [0.2, 0.25) is 5.91 Å². The number of likely N-dealkylation sites (tertiary alicyclic amines) is 1. The van der Waals surface area contributed by atoms with Gasteiger partial charge in [-0.25, -0.2) is 9.97 Å². The van der Waals surface area contributed by atoms with Gasteiger partial charge in [0.15, 0.2) is 0 Å². The van der Waals surface area contributed by atoms with Crippen molar-refractivity contribution in [3.05, 3.63) is 29.9 Å². The van der Waals surface area contributed by atoms with E-state index in [2.05, 4.69) is 20.0 Å². The van der Waals surface area contributed by atoms with E-state index in [9.17, 15) is 4.79 Å². The van der Waals surface area contributed by atoms with Crippen LogP contribution in [-0.4, -0.2) is 69.7 Å². The third-order valence-corrected chi connectivity index (χ3v) is 4.95. The molecule has 0 unspecified atom stereocenters. The summed E-state index contributed by atoms with van der Waals surface area (Å²) in [5.41, 5.74) is 0.685. The van der Waals surface area contributed by atoms with E-state index in [4.69, 9.17) is 14.0 Å². The Balaban J connectivity index is 1.49. The summed E-state index contributed by atoms with van der Waals surface area (Å²) >= 11 is 0. The predicted molar refractivity (Wildman–Crippen MR) is 106 cm³/mol. The number of likely N-dealkylation sites (N-methyl/N-ethyl adjacent to an activating group) is 1. The van der Waals surface area contributed by atoms with Crippen LogP contribution in [0.2, 0.25) is 0 Å². The third-order valence-electron chi connectivity index (χ3n) is 4.95. The number of aryl methyl sites for hydroxylation is 1. The first-order valence-electron chi connectivity index (χ1n) is 10.1. The molecule has 3 rings (SSSR count). The highest BCUT2D eigenvalue weighted by molar-refractivity contribution is 5.78. The van der Waals surface area contributed by atoms with E-state index in [-0.39, 0.29) is 18.6 Å². The van der Waals surface area contributed by atoms with Crippen molar-refractivity contribution in [1.29, 1.82) is 0 Å². The summed E-state index contributed by atoms with van der Waals surface area (Å²) in [6, 6.07) is 1.81. The average molecular weight is 403 g/mol. The Morgan fingerprint density at radius 2 is 1.90 bits per heavy atom. The van der Waals surface area contributed by atoms with Crippen LogP contribution in [0.4, 0.5) is 0 Å². The van der Waals surface area contributed by atoms with Crippen LogP contribution in [0.3, 0.4) is 0 Å². The Hall–Kier alpha value is -2.68. The van der Waals surface area contributed by atoms with Crippen LogP contribution in [0.5, 0.6) is 11.8 Å². The van der Waals surface area contributed by atoms with Gasteiger partial charge in [0.25, 0.3) is 11.8 Å². The number of ether oxygens (including phenoxy) is 2. The normalized spacial score (nSPS) is 15.3. The Kier molecular flexibility index (Phi) is 7.40. The summed E-state index contributed by atoms with van der Waals surface area (Å²) in [5.74, 6) is 1.63. The number of hydrogen-bond donors (Lipinski definition) is 0.